The Bertz CT molecular complexity index is 1280. The van der Waals surface area contributed by atoms with Gasteiger partial charge in [0.15, 0.2) is 0 Å². The van der Waals surface area contributed by atoms with Crippen molar-refractivity contribution in [3.63, 3.8) is 0 Å². The number of hydrogen-bond donors (Lipinski definition) is 1. The van der Waals surface area contributed by atoms with Gasteiger partial charge in [0.05, 0.1) is 24.3 Å². The molecule has 0 bridgehead atoms. The summed E-state index contributed by atoms with van der Waals surface area (Å²) in [6.07, 6.45) is 12.9. The standard InChI is InChI=1S/C34H46N2O5/c1-3-41-32(39)29-22-36(30(37)21-28(29)27-14-8-5-9-15-27)24-34(40)18-19-35(23-33(34)16-10-11-17-33)31(38)25(2)20-26-12-6-4-7-13-26/h5,8-9,14-15,21-22,25-26,40H,3-4,6-7,10-13,16-20,23-24H2,1-2H3. The normalized spacial score (nSPS) is 23.4. The van der Waals surface area contributed by atoms with Crippen molar-refractivity contribution < 1.29 is 19.4 Å². The van der Waals surface area contributed by atoms with Crippen LogP contribution in [0.15, 0.2) is 47.4 Å². The Hall–Kier alpha value is -2.93. The van der Waals surface area contributed by atoms with Gasteiger partial charge in [-0.1, -0.05) is 82.2 Å². The molecule has 1 N–H and O–H groups in total. The maximum Gasteiger partial charge on any atom is 0.340 e. The number of carbonyl (C=O) groups is 2. The largest absolute Gasteiger partial charge is 0.462 e. The molecule has 2 heterocycles. The minimum absolute atomic E-state index is 0.0111. The number of esters is 1. The van der Waals surface area contributed by atoms with E-state index in [4.69, 9.17) is 4.74 Å². The minimum Gasteiger partial charge on any atom is -0.462 e. The number of aliphatic hydroxyl groups is 1. The molecule has 1 aromatic heterocycles. The van der Waals surface area contributed by atoms with Crippen molar-refractivity contribution in [3.05, 3.63) is 58.5 Å². The molecule has 7 nitrogen and oxygen atoms in total. The van der Waals surface area contributed by atoms with Crippen LogP contribution < -0.4 is 5.56 Å². The highest BCUT2D eigenvalue weighted by Gasteiger charge is 2.55. The van der Waals surface area contributed by atoms with Crippen LogP contribution in [0.2, 0.25) is 0 Å². The summed E-state index contributed by atoms with van der Waals surface area (Å²) >= 11 is 0. The molecule has 222 valence electrons. The highest BCUT2D eigenvalue weighted by molar-refractivity contribution is 5.96. The van der Waals surface area contributed by atoms with Gasteiger partial charge < -0.3 is 19.3 Å². The van der Waals surface area contributed by atoms with Gasteiger partial charge >= 0.3 is 5.97 Å². The van der Waals surface area contributed by atoms with Crippen LogP contribution in [0.25, 0.3) is 11.1 Å². The lowest BCUT2D eigenvalue weighted by Gasteiger charge is -2.53. The molecule has 1 amide bonds. The molecule has 2 atom stereocenters. The van der Waals surface area contributed by atoms with Gasteiger partial charge in [0, 0.05) is 42.2 Å². The first-order valence-corrected chi connectivity index (χ1v) is 15.7. The maximum atomic E-state index is 13.6. The molecule has 1 aromatic carbocycles. The summed E-state index contributed by atoms with van der Waals surface area (Å²) in [7, 11) is 0. The summed E-state index contributed by atoms with van der Waals surface area (Å²) in [6, 6.07) is 10.8. The second kappa shape index (κ2) is 12.5. The Labute approximate surface area is 243 Å². The zero-order chi connectivity index (χ0) is 29.0. The summed E-state index contributed by atoms with van der Waals surface area (Å²) < 4.78 is 6.84. The third-order valence-corrected chi connectivity index (χ3v) is 10.1. The Morgan fingerprint density at radius 3 is 2.44 bits per heavy atom. The van der Waals surface area contributed by atoms with E-state index < -0.39 is 17.0 Å². The predicted octanol–water partition coefficient (Wildman–Crippen LogP) is 5.82. The van der Waals surface area contributed by atoms with Crippen molar-refractivity contribution in [2.45, 2.75) is 96.6 Å². The van der Waals surface area contributed by atoms with E-state index >= 15 is 0 Å². The Balaban J connectivity index is 1.39. The third-order valence-electron chi connectivity index (χ3n) is 10.1. The van der Waals surface area contributed by atoms with E-state index in [0.717, 1.165) is 37.7 Å². The van der Waals surface area contributed by atoms with Crippen LogP contribution in [0.5, 0.6) is 0 Å². The predicted molar refractivity (Wildman–Crippen MR) is 159 cm³/mol. The quantitative estimate of drug-likeness (QED) is 0.410. The topological polar surface area (TPSA) is 88.8 Å². The van der Waals surface area contributed by atoms with Gasteiger partial charge in [-0.3, -0.25) is 9.59 Å². The summed E-state index contributed by atoms with van der Waals surface area (Å²) in [5, 5.41) is 12.3. The van der Waals surface area contributed by atoms with Crippen LogP contribution >= 0.6 is 0 Å². The number of piperidine rings is 1. The smallest absolute Gasteiger partial charge is 0.340 e. The molecular formula is C34H46N2O5. The lowest BCUT2D eigenvalue weighted by atomic mass is 9.65. The highest BCUT2D eigenvalue weighted by atomic mass is 16.5. The molecule has 2 unspecified atom stereocenters. The van der Waals surface area contributed by atoms with Crippen molar-refractivity contribution in [2.24, 2.45) is 17.3 Å². The summed E-state index contributed by atoms with van der Waals surface area (Å²) in [5.74, 6) is 0.347. The number of ether oxygens (including phenoxy) is 1. The zero-order valence-electron chi connectivity index (χ0n) is 24.8. The van der Waals surface area contributed by atoms with Gasteiger partial charge in [-0.2, -0.15) is 0 Å². The molecule has 2 aromatic rings. The molecule has 1 spiro atoms. The van der Waals surface area contributed by atoms with Crippen molar-refractivity contribution in [2.75, 3.05) is 19.7 Å². The number of benzene rings is 1. The van der Waals surface area contributed by atoms with Gasteiger partial charge in [0.25, 0.3) is 5.56 Å². The Morgan fingerprint density at radius 2 is 1.76 bits per heavy atom. The molecule has 2 aliphatic carbocycles. The van der Waals surface area contributed by atoms with Gasteiger partial charge in [0.1, 0.15) is 0 Å². The number of hydrogen-bond acceptors (Lipinski definition) is 5. The van der Waals surface area contributed by atoms with Gasteiger partial charge in [0.2, 0.25) is 5.91 Å². The van der Waals surface area contributed by atoms with Gasteiger partial charge in [-0.15, -0.1) is 0 Å². The minimum atomic E-state index is -1.16. The molecule has 41 heavy (non-hydrogen) atoms. The van der Waals surface area contributed by atoms with E-state index in [2.05, 4.69) is 6.92 Å². The number of carbonyl (C=O) groups excluding carboxylic acids is 2. The van der Waals surface area contributed by atoms with Gasteiger partial charge in [-0.05, 0) is 44.1 Å². The first-order valence-electron chi connectivity index (χ1n) is 15.7. The van der Waals surface area contributed by atoms with E-state index in [1.807, 2.05) is 35.2 Å². The molecular weight excluding hydrogens is 516 g/mol. The summed E-state index contributed by atoms with van der Waals surface area (Å²) in [6.45, 7) is 5.15. The highest BCUT2D eigenvalue weighted by Crippen LogP contribution is 2.52. The molecule has 1 saturated heterocycles. The van der Waals surface area contributed by atoms with Crippen LogP contribution in [-0.4, -0.2) is 51.7 Å². The second-order valence-corrected chi connectivity index (χ2v) is 12.8. The zero-order valence-corrected chi connectivity index (χ0v) is 24.8. The first kappa shape index (κ1) is 29.6. The number of rotatable bonds is 8. The monoisotopic (exact) mass is 562 g/mol. The van der Waals surface area contributed by atoms with E-state index in [9.17, 15) is 19.5 Å². The fourth-order valence-electron chi connectivity index (χ4n) is 7.83. The van der Waals surface area contributed by atoms with E-state index in [-0.39, 0.29) is 30.5 Å². The van der Waals surface area contributed by atoms with Crippen molar-refractivity contribution in [3.8, 4) is 11.1 Å². The first-order chi connectivity index (χ1) is 19.7. The fraction of sp³-hybridized carbons (Fsp3) is 0.618. The molecule has 1 aliphatic heterocycles. The number of amides is 1. The Morgan fingerprint density at radius 1 is 1.05 bits per heavy atom. The van der Waals surface area contributed by atoms with Crippen molar-refractivity contribution >= 4 is 11.9 Å². The van der Waals surface area contributed by atoms with Crippen molar-refractivity contribution in [1.82, 2.24) is 9.47 Å². The van der Waals surface area contributed by atoms with Crippen LogP contribution in [0.4, 0.5) is 0 Å². The second-order valence-electron chi connectivity index (χ2n) is 12.8. The van der Waals surface area contributed by atoms with Crippen LogP contribution in [0, 0.1) is 17.3 Å². The molecule has 3 aliphatic rings. The van der Waals surface area contributed by atoms with E-state index in [1.165, 1.54) is 42.7 Å². The summed E-state index contributed by atoms with van der Waals surface area (Å²) in [4.78, 5) is 42.1. The summed E-state index contributed by atoms with van der Waals surface area (Å²) in [5.41, 5.74) is -0.284. The molecule has 0 radical (unpaired) electrons. The third kappa shape index (κ3) is 6.15. The van der Waals surface area contributed by atoms with Crippen LogP contribution in [-0.2, 0) is 16.1 Å². The van der Waals surface area contributed by atoms with E-state index in [1.54, 1.807) is 13.1 Å². The van der Waals surface area contributed by atoms with Crippen LogP contribution in [0.3, 0.4) is 0 Å². The Kier molecular flexibility index (Phi) is 9.03. The number of likely N-dealkylation sites (tertiary alicyclic amines) is 1. The maximum absolute atomic E-state index is 13.6. The SMILES string of the molecule is CCOC(=O)c1cn(CC2(O)CCN(C(=O)C(C)CC3CCCCC3)CC23CCCC3)c(=O)cc1-c1ccccc1. The number of aromatic nitrogens is 1. The lowest BCUT2D eigenvalue weighted by molar-refractivity contribution is -0.163. The molecule has 5 rings (SSSR count). The number of nitrogens with zero attached hydrogens (tertiary/aromatic N) is 2. The van der Waals surface area contributed by atoms with Crippen LogP contribution in [0.1, 0.15) is 94.8 Å². The average Bonchev–Trinajstić information content (AvgIpc) is 3.46. The molecule has 7 heteroatoms. The van der Waals surface area contributed by atoms with Crippen molar-refractivity contribution in [1.29, 1.82) is 0 Å². The van der Waals surface area contributed by atoms with E-state index in [0.29, 0.717) is 36.6 Å². The number of pyridine rings is 1. The fourth-order valence-corrected chi connectivity index (χ4v) is 7.83. The van der Waals surface area contributed by atoms with Gasteiger partial charge in [-0.25, -0.2) is 4.79 Å². The molecule has 2 saturated carbocycles. The average molecular weight is 563 g/mol. The lowest BCUT2D eigenvalue weighted by Crippen LogP contribution is -2.62. The molecule has 3 fully saturated rings.